The summed E-state index contributed by atoms with van der Waals surface area (Å²) in [6.45, 7) is 3.98. The number of benzene rings is 2. The second kappa shape index (κ2) is 11.1. The number of halogens is 1. The van der Waals surface area contributed by atoms with Gasteiger partial charge >= 0.3 is 0 Å². The van der Waals surface area contributed by atoms with Gasteiger partial charge in [-0.1, -0.05) is 18.7 Å². The number of nitrogens with zero attached hydrogens (tertiary/aromatic N) is 1. The van der Waals surface area contributed by atoms with Gasteiger partial charge in [0.05, 0.1) is 38.4 Å². The Balaban J connectivity index is 2.03. The van der Waals surface area contributed by atoms with Crippen molar-refractivity contribution in [1.82, 2.24) is 5.43 Å². The normalized spacial score (nSPS) is 10.5. The minimum atomic E-state index is -0.259. The largest absolute Gasteiger partial charge is 0.493 e. The summed E-state index contributed by atoms with van der Waals surface area (Å²) >= 11 is 3.45. The third-order valence-electron chi connectivity index (χ3n) is 3.81. The fourth-order valence-electron chi connectivity index (χ4n) is 2.49. The second-order valence-electron chi connectivity index (χ2n) is 5.79. The van der Waals surface area contributed by atoms with Crippen LogP contribution < -0.4 is 24.4 Å². The summed E-state index contributed by atoms with van der Waals surface area (Å²) in [5.41, 5.74) is 4.02. The zero-order valence-electron chi connectivity index (χ0n) is 16.5. The number of ether oxygens (including phenoxy) is 4. The first-order valence-corrected chi connectivity index (χ1v) is 9.45. The van der Waals surface area contributed by atoms with Crippen LogP contribution in [0.15, 0.2) is 52.6 Å². The van der Waals surface area contributed by atoms with Gasteiger partial charge in [-0.2, -0.15) is 5.10 Å². The van der Waals surface area contributed by atoms with Gasteiger partial charge in [-0.15, -0.1) is 0 Å². The van der Waals surface area contributed by atoms with Crippen molar-refractivity contribution in [1.29, 1.82) is 0 Å². The van der Waals surface area contributed by atoms with E-state index >= 15 is 0 Å². The first kappa shape index (κ1) is 22.3. The molecule has 7 nitrogen and oxygen atoms in total. The highest BCUT2D eigenvalue weighted by molar-refractivity contribution is 9.10. The summed E-state index contributed by atoms with van der Waals surface area (Å²) in [6, 6.07) is 8.88. The van der Waals surface area contributed by atoms with Crippen molar-refractivity contribution in [3.63, 3.8) is 0 Å². The molecule has 154 valence electrons. The third-order valence-corrected chi connectivity index (χ3v) is 4.40. The van der Waals surface area contributed by atoms with Crippen molar-refractivity contribution in [3.05, 3.63) is 58.6 Å². The van der Waals surface area contributed by atoms with Crippen LogP contribution in [0.1, 0.15) is 11.1 Å². The number of carbonyl (C=O) groups is 1. The highest BCUT2D eigenvalue weighted by Crippen LogP contribution is 2.36. The summed E-state index contributed by atoms with van der Waals surface area (Å²) in [6.07, 6.45) is 3.32. The second-order valence-corrected chi connectivity index (χ2v) is 6.65. The maximum absolute atomic E-state index is 12.2. The lowest BCUT2D eigenvalue weighted by Gasteiger charge is -2.12. The molecule has 0 atom stereocenters. The molecule has 29 heavy (non-hydrogen) atoms. The molecular weight excluding hydrogens is 440 g/mol. The Kier molecular flexibility index (Phi) is 8.54. The van der Waals surface area contributed by atoms with Crippen molar-refractivity contribution in [3.8, 4) is 23.0 Å². The molecule has 1 N–H and O–H groups in total. The standard InChI is InChI=1S/C21H23BrN2O5/c1-5-8-29-21-16(22)9-15(11-19(21)28-4)13-23-24-20(25)12-14-6-7-17(26-2)18(10-14)27-3/h5-7,9-11,13H,1,8,12H2,2-4H3,(H,24,25)/b23-13-. The Labute approximate surface area is 178 Å². The van der Waals surface area contributed by atoms with Crippen LogP contribution in [0.4, 0.5) is 0 Å². The van der Waals surface area contributed by atoms with E-state index in [-0.39, 0.29) is 12.3 Å². The van der Waals surface area contributed by atoms with Gasteiger partial charge in [0.2, 0.25) is 5.91 Å². The molecular formula is C21H23BrN2O5. The van der Waals surface area contributed by atoms with Gasteiger partial charge in [0, 0.05) is 0 Å². The van der Waals surface area contributed by atoms with Crippen molar-refractivity contribution in [2.45, 2.75) is 6.42 Å². The minimum Gasteiger partial charge on any atom is -0.493 e. The molecule has 2 aromatic rings. The van der Waals surface area contributed by atoms with E-state index in [2.05, 4.69) is 33.0 Å². The predicted octanol–water partition coefficient (Wildman–Crippen LogP) is 3.73. The van der Waals surface area contributed by atoms with Gasteiger partial charge in [0.15, 0.2) is 23.0 Å². The molecule has 8 heteroatoms. The lowest BCUT2D eigenvalue weighted by molar-refractivity contribution is -0.120. The first-order chi connectivity index (χ1) is 14.0. The van der Waals surface area contributed by atoms with Gasteiger partial charge < -0.3 is 18.9 Å². The van der Waals surface area contributed by atoms with E-state index in [0.717, 1.165) is 11.1 Å². The molecule has 0 aromatic heterocycles. The average molecular weight is 463 g/mol. The van der Waals surface area contributed by atoms with E-state index < -0.39 is 0 Å². The lowest BCUT2D eigenvalue weighted by Crippen LogP contribution is -2.19. The van der Waals surface area contributed by atoms with Crippen molar-refractivity contribution < 1.29 is 23.7 Å². The Morgan fingerprint density at radius 1 is 1.10 bits per heavy atom. The molecule has 0 aliphatic rings. The summed E-state index contributed by atoms with van der Waals surface area (Å²) < 4.78 is 22.1. The Bertz CT molecular complexity index is 899. The van der Waals surface area contributed by atoms with Gasteiger partial charge in [-0.05, 0) is 51.3 Å². The molecule has 0 unspecified atom stereocenters. The van der Waals surface area contributed by atoms with Crippen molar-refractivity contribution >= 4 is 28.1 Å². The number of amides is 1. The summed E-state index contributed by atoms with van der Waals surface area (Å²) in [4.78, 5) is 12.2. The summed E-state index contributed by atoms with van der Waals surface area (Å²) in [5.74, 6) is 2.03. The maximum Gasteiger partial charge on any atom is 0.244 e. The smallest absolute Gasteiger partial charge is 0.244 e. The van der Waals surface area contributed by atoms with E-state index in [0.29, 0.717) is 34.1 Å². The molecule has 2 rings (SSSR count). The van der Waals surface area contributed by atoms with Crippen molar-refractivity contribution in [2.75, 3.05) is 27.9 Å². The highest BCUT2D eigenvalue weighted by Gasteiger charge is 2.11. The van der Waals surface area contributed by atoms with E-state index in [1.807, 2.05) is 6.07 Å². The van der Waals surface area contributed by atoms with E-state index in [1.165, 1.54) is 6.21 Å². The highest BCUT2D eigenvalue weighted by atomic mass is 79.9. The average Bonchev–Trinajstić information content (AvgIpc) is 2.72. The van der Waals surface area contributed by atoms with Crippen LogP contribution in [-0.4, -0.2) is 40.1 Å². The van der Waals surface area contributed by atoms with Gasteiger partial charge in [0.1, 0.15) is 6.61 Å². The molecule has 0 aliphatic heterocycles. The molecule has 0 heterocycles. The van der Waals surface area contributed by atoms with Crippen LogP contribution in [0.3, 0.4) is 0 Å². The summed E-state index contributed by atoms with van der Waals surface area (Å²) in [7, 11) is 4.66. The fourth-order valence-corrected chi connectivity index (χ4v) is 3.07. The number of hydrazone groups is 1. The van der Waals surface area contributed by atoms with Crippen LogP contribution in [0.5, 0.6) is 23.0 Å². The van der Waals surface area contributed by atoms with Gasteiger partial charge in [-0.3, -0.25) is 4.79 Å². The molecule has 0 radical (unpaired) electrons. The number of hydrogen-bond acceptors (Lipinski definition) is 6. The molecule has 2 aromatic carbocycles. The quantitative estimate of drug-likeness (QED) is 0.330. The molecule has 0 spiro atoms. The van der Waals surface area contributed by atoms with Crippen LogP contribution in [-0.2, 0) is 11.2 Å². The molecule has 0 saturated heterocycles. The molecule has 0 aliphatic carbocycles. The Hall–Kier alpha value is -3.00. The predicted molar refractivity (Wildman–Crippen MR) is 115 cm³/mol. The Morgan fingerprint density at radius 2 is 1.83 bits per heavy atom. The lowest BCUT2D eigenvalue weighted by atomic mass is 10.1. The van der Waals surface area contributed by atoms with Crippen LogP contribution in [0, 0.1) is 0 Å². The maximum atomic E-state index is 12.2. The zero-order valence-corrected chi connectivity index (χ0v) is 18.1. The topological polar surface area (TPSA) is 78.4 Å². The fraction of sp³-hybridized carbons (Fsp3) is 0.238. The Morgan fingerprint density at radius 3 is 2.48 bits per heavy atom. The monoisotopic (exact) mass is 462 g/mol. The molecule has 0 fully saturated rings. The van der Waals surface area contributed by atoms with Crippen molar-refractivity contribution in [2.24, 2.45) is 5.10 Å². The first-order valence-electron chi connectivity index (χ1n) is 8.66. The van der Waals surface area contributed by atoms with E-state index in [4.69, 9.17) is 18.9 Å². The van der Waals surface area contributed by atoms with Crippen LogP contribution in [0.2, 0.25) is 0 Å². The molecule has 1 amide bonds. The molecule has 0 bridgehead atoms. The number of hydrogen-bond donors (Lipinski definition) is 1. The van der Waals surface area contributed by atoms with Gasteiger partial charge in [0.25, 0.3) is 0 Å². The number of rotatable bonds is 10. The number of nitrogens with one attached hydrogen (secondary N) is 1. The summed E-state index contributed by atoms with van der Waals surface area (Å²) in [5, 5.41) is 4.01. The number of methoxy groups -OCH3 is 3. The van der Waals surface area contributed by atoms with Crippen LogP contribution in [0.25, 0.3) is 0 Å². The van der Waals surface area contributed by atoms with Gasteiger partial charge in [-0.25, -0.2) is 5.43 Å². The zero-order chi connectivity index (χ0) is 21.2. The molecule has 0 saturated carbocycles. The SMILES string of the molecule is C=CCOc1c(Br)cc(/C=N\NC(=O)Cc2ccc(OC)c(OC)c2)cc1OC. The third kappa shape index (κ3) is 6.25. The number of carbonyl (C=O) groups excluding carboxylic acids is 1. The minimum absolute atomic E-state index is 0.152. The van der Waals surface area contributed by atoms with E-state index in [9.17, 15) is 4.79 Å². The van der Waals surface area contributed by atoms with E-state index in [1.54, 1.807) is 51.7 Å². The van der Waals surface area contributed by atoms with Crippen LogP contribution >= 0.6 is 15.9 Å².